The Bertz CT molecular complexity index is 546. The summed E-state index contributed by atoms with van der Waals surface area (Å²) in [6.07, 6.45) is 2.57. The predicted octanol–water partition coefficient (Wildman–Crippen LogP) is 1.90. The van der Waals surface area contributed by atoms with Gasteiger partial charge in [-0.1, -0.05) is 6.07 Å². The molecule has 1 aromatic carbocycles. The van der Waals surface area contributed by atoms with E-state index in [0.717, 1.165) is 17.9 Å². The number of nitrogens with two attached hydrogens (primary N) is 1. The zero-order valence-corrected chi connectivity index (χ0v) is 10.1. The van der Waals surface area contributed by atoms with Crippen molar-refractivity contribution < 1.29 is 4.74 Å². The van der Waals surface area contributed by atoms with Crippen LogP contribution in [0.1, 0.15) is 6.42 Å². The molecule has 0 radical (unpaired) electrons. The Balaban J connectivity index is 1.78. The van der Waals surface area contributed by atoms with Gasteiger partial charge in [0.05, 0.1) is 6.61 Å². The third-order valence-corrected chi connectivity index (χ3v) is 2.59. The van der Waals surface area contributed by atoms with E-state index in [2.05, 4.69) is 0 Å². The first-order valence-corrected chi connectivity index (χ1v) is 5.89. The van der Waals surface area contributed by atoms with Gasteiger partial charge in [0, 0.05) is 24.5 Å². The molecule has 94 valence electrons. The van der Waals surface area contributed by atoms with Crippen molar-refractivity contribution in [3.8, 4) is 5.75 Å². The van der Waals surface area contributed by atoms with E-state index in [0.29, 0.717) is 13.2 Å². The number of hydrogen-bond donors (Lipinski definition) is 1. The van der Waals surface area contributed by atoms with Crippen molar-refractivity contribution in [2.24, 2.45) is 0 Å². The molecule has 4 nitrogen and oxygen atoms in total. The summed E-state index contributed by atoms with van der Waals surface area (Å²) in [6.45, 7) is 1.24. The van der Waals surface area contributed by atoms with Crippen LogP contribution in [0.3, 0.4) is 0 Å². The molecule has 2 aromatic rings. The zero-order valence-electron chi connectivity index (χ0n) is 10.1. The van der Waals surface area contributed by atoms with Crippen LogP contribution in [0.25, 0.3) is 0 Å². The molecule has 0 spiro atoms. The highest BCUT2D eigenvalue weighted by Gasteiger charge is 1.96. The molecule has 0 fully saturated rings. The Kier molecular flexibility index (Phi) is 4.02. The van der Waals surface area contributed by atoms with Crippen LogP contribution in [0.4, 0.5) is 5.69 Å². The lowest BCUT2D eigenvalue weighted by Gasteiger charge is -2.07. The van der Waals surface area contributed by atoms with Gasteiger partial charge >= 0.3 is 0 Å². The van der Waals surface area contributed by atoms with Crippen LogP contribution >= 0.6 is 0 Å². The van der Waals surface area contributed by atoms with Crippen molar-refractivity contribution >= 4 is 5.69 Å². The second-order valence-corrected chi connectivity index (χ2v) is 4.00. The van der Waals surface area contributed by atoms with Crippen LogP contribution in [0.2, 0.25) is 0 Å². The first-order valence-electron chi connectivity index (χ1n) is 5.89. The smallest absolute Gasteiger partial charge is 0.250 e. The molecule has 0 saturated carbocycles. The van der Waals surface area contributed by atoms with Gasteiger partial charge in [0.1, 0.15) is 5.75 Å². The van der Waals surface area contributed by atoms with Crippen molar-refractivity contribution in [2.75, 3.05) is 12.3 Å². The van der Waals surface area contributed by atoms with Gasteiger partial charge in [-0.3, -0.25) is 4.79 Å². The monoisotopic (exact) mass is 244 g/mol. The standard InChI is InChI=1S/C14H16N2O2/c15-12-5-7-13(8-6-12)18-11-3-10-16-9-2-1-4-14(16)17/h1-2,4-9H,3,10-11,15H2. The summed E-state index contributed by atoms with van der Waals surface area (Å²) < 4.78 is 7.22. The number of hydrogen-bond acceptors (Lipinski definition) is 3. The topological polar surface area (TPSA) is 57.2 Å². The van der Waals surface area contributed by atoms with Gasteiger partial charge in [-0.05, 0) is 36.8 Å². The van der Waals surface area contributed by atoms with Crippen molar-refractivity contribution in [3.05, 3.63) is 59.0 Å². The molecule has 0 saturated heterocycles. The fourth-order valence-electron chi connectivity index (χ4n) is 1.63. The van der Waals surface area contributed by atoms with Crippen molar-refractivity contribution in [1.29, 1.82) is 0 Å². The molecule has 2 N–H and O–H groups in total. The second kappa shape index (κ2) is 5.91. The van der Waals surface area contributed by atoms with E-state index in [1.54, 1.807) is 35.0 Å². The van der Waals surface area contributed by atoms with E-state index in [1.807, 2.05) is 18.2 Å². The highest BCUT2D eigenvalue weighted by molar-refractivity contribution is 5.41. The fraction of sp³-hybridized carbons (Fsp3) is 0.214. The number of rotatable bonds is 5. The maximum absolute atomic E-state index is 11.4. The molecule has 0 amide bonds. The lowest BCUT2D eigenvalue weighted by molar-refractivity contribution is 0.301. The van der Waals surface area contributed by atoms with Gasteiger partial charge in [-0.15, -0.1) is 0 Å². The minimum absolute atomic E-state index is 0.0185. The number of pyridine rings is 1. The summed E-state index contributed by atoms with van der Waals surface area (Å²) >= 11 is 0. The Labute approximate surface area is 106 Å². The maximum Gasteiger partial charge on any atom is 0.250 e. The van der Waals surface area contributed by atoms with Crippen LogP contribution in [0.5, 0.6) is 5.75 Å². The molecule has 2 rings (SSSR count). The molecule has 1 aromatic heterocycles. The minimum atomic E-state index is 0.0185. The molecule has 0 aliphatic carbocycles. The number of anilines is 1. The lowest BCUT2D eigenvalue weighted by Crippen LogP contribution is -2.18. The Morgan fingerprint density at radius 2 is 1.89 bits per heavy atom. The quantitative estimate of drug-likeness (QED) is 0.645. The van der Waals surface area contributed by atoms with Crippen molar-refractivity contribution in [3.63, 3.8) is 0 Å². The van der Waals surface area contributed by atoms with Crippen molar-refractivity contribution in [1.82, 2.24) is 4.57 Å². The van der Waals surface area contributed by atoms with Gasteiger partial charge < -0.3 is 15.0 Å². The molecule has 0 aliphatic rings. The third-order valence-electron chi connectivity index (χ3n) is 2.59. The van der Waals surface area contributed by atoms with Crippen molar-refractivity contribution in [2.45, 2.75) is 13.0 Å². The van der Waals surface area contributed by atoms with Crippen LogP contribution < -0.4 is 16.0 Å². The molecule has 0 bridgehead atoms. The van der Waals surface area contributed by atoms with E-state index in [4.69, 9.17) is 10.5 Å². The number of nitrogen functional groups attached to an aromatic ring is 1. The SMILES string of the molecule is Nc1ccc(OCCCn2ccccc2=O)cc1. The summed E-state index contributed by atoms with van der Waals surface area (Å²) in [5.41, 5.74) is 6.32. The zero-order chi connectivity index (χ0) is 12.8. The molecule has 18 heavy (non-hydrogen) atoms. The summed E-state index contributed by atoms with van der Waals surface area (Å²) in [6, 6.07) is 12.4. The number of nitrogens with zero attached hydrogens (tertiary/aromatic N) is 1. The Morgan fingerprint density at radius 3 is 2.61 bits per heavy atom. The second-order valence-electron chi connectivity index (χ2n) is 4.00. The van der Waals surface area contributed by atoms with E-state index in [9.17, 15) is 4.79 Å². The molecule has 0 atom stereocenters. The molecule has 4 heteroatoms. The van der Waals surface area contributed by atoms with E-state index in [-0.39, 0.29) is 5.56 Å². The maximum atomic E-state index is 11.4. The number of benzene rings is 1. The van der Waals surface area contributed by atoms with E-state index in [1.165, 1.54) is 0 Å². The summed E-state index contributed by atoms with van der Waals surface area (Å²) in [4.78, 5) is 11.4. The highest BCUT2D eigenvalue weighted by Crippen LogP contribution is 2.13. The summed E-state index contributed by atoms with van der Waals surface area (Å²) in [5, 5.41) is 0. The fourth-order valence-corrected chi connectivity index (χ4v) is 1.63. The van der Waals surface area contributed by atoms with Gasteiger partial charge in [-0.25, -0.2) is 0 Å². The predicted molar refractivity (Wildman–Crippen MR) is 71.7 cm³/mol. The highest BCUT2D eigenvalue weighted by atomic mass is 16.5. The number of ether oxygens (including phenoxy) is 1. The van der Waals surface area contributed by atoms with E-state index < -0.39 is 0 Å². The molecular weight excluding hydrogens is 228 g/mol. The van der Waals surface area contributed by atoms with Gasteiger partial charge in [-0.2, -0.15) is 0 Å². The lowest BCUT2D eigenvalue weighted by atomic mass is 10.3. The van der Waals surface area contributed by atoms with E-state index >= 15 is 0 Å². The average Bonchev–Trinajstić information content (AvgIpc) is 2.39. The Morgan fingerprint density at radius 1 is 1.11 bits per heavy atom. The molecule has 1 heterocycles. The minimum Gasteiger partial charge on any atom is -0.494 e. The Hall–Kier alpha value is -2.23. The first-order chi connectivity index (χ1) is 8.75. The van der Waals surface area contributed by atoms with Crippen LogP contribution in [-0.2, 0) is 6.54 Å². The molecule has 0 unspecified atom stereocenters. The van der Waals surface area contributed by atoms with Crippen LogP contribution in [0, 0.1) is 0 Å². The normalized spacial score (nSPS) is 10.2. The van der Waals surface area contributed by atoms with Crippen LogP contribution in [0.15, 0.2) is 53.5 Å². The summed E-state index contributed by atoms with van der Waals surface area (Å²) in [7, 11) is 0. The average molecular weight is 244 g/mol. The van der Waals surface area contributed by atoms with Gasteiger partial charge in [0.15, 0.2) is 0 Å². The summed E-state index contributed by atoms with van der Waals surface area (Å²) in [5.74, 6) is 0.796. The third kappa shape index (κ3) is 3.38. The number of aromatic nitrogens is 1. The largest absolute Gasteiger partial charge is 0.494 e. The molecule has 0 aliphatic heterocycles. The molecular formula is C14H16N2O2. The number of aryl methyl sites for hydroxylation is 1. The van der Waals surface area contributed by atoms with Gasteiger partial charge in [0.25, 0.3) is 0 Å². The van der Waals surface area contributed by atoms with Crippen LogP contribution in [-0.4, -0.2) is 11.2 Å². The van der Waals surface area contributed by atoms with Gasteiger partial charge in [0.2, 0.25) is 5.56 Å². The first kappa shape index (κ1) is 12.2.